The van der Waals surface area contributed by atoms with Crippen LogP contribution in [-0.4, -0.2) is 21.8 Å². The van der Waals surface area contributed by atoms with Crippen molar-refractivity contribution in [1.82, 2.24) is 14.7 Å². The smallest absolute Gasteiger partial charge is 0.271 e. The second-order valence-electron chi connectivity index (χ2n) is 4.72. The Morgan fingerprint density at radius 2 is 2.13 bits per heavy atom. The third kappa shape index (κ3) is 2.78. The van der Waals surface area contributed by atoms with E-state index >= 15 is 0 Å². The topological polar surface area (TPSA) is 63.5 Å². The summed E-state index contributed by atoms with van der Waals surface area (Å²) in [7, 11) is 0. The number of hydrogen-bond acceptors (Lipinski definition) is 4. The van der Waals surface area contributed by atoms with E-state index in [1.165, 1.54) is 40.1 Å². The molecule has 116 valence electrons. The lowest BCUT2D eigenvalue weighted by atomic mass is 10.2. The Hall–Kier alpha value is -2.80. The van der Waals surface area contributed by atoms with Crippen LogP contribution in [0, 0.1) is 5.82 Å². The van der Waals surface area contributed by atoms with Crippen LogP contribution in [0.2, 0.25) is 0 Å². The first-order valence-electron chi connectivity index (χ1n) is 6.76. The Bertz CT molecular complexity index is 944. The fourth-order valence-corrected chi connectivity index (χ4v) is 2.99. The van der Waals surface area contributed by atoms with E-state index in [0.29, 0.717) is 16.2 Å². The van der Waals surface area contributed by atoms with Gasteiger partial charge in [-0.05, 0) is 29.8 Å². The molecular formula is C16H12FN3O2S. The molecule has 5 nitrogen and oxygen atoms in total. The minimum atomic E-state index is -0.506. The lowest BCUT2D eigenvalue weighted by Gasteiger charge is -2.04. The Morgan fingerprint density at radius 3 is 2.83 bits per heavy atom. The highest BCUT2D eigenvalue weighted by molar-refractivity contribution is 7.15. The van der Waals surface area contributed by atoms with E-state index in [1.807, 2.05) is 0 Å². The average Bonchev–Trinajstić information content (AvgIpc) is 2.98. The summed E-state index contributed by atoms with van der Waals surface area (Å²) in [5.41, 5.74) is 0.731. The molecule has 0 atom stereocenters. The van der Waals surface area contributed by atoms with Crippen molar-refractivity contribution in [3.63, 3.8) is 0 Å². The first-order chi connectivity index (χ1) is 11.1. The second kappa shape index (κ2) is 6.13. The molecule has 0 aliphatic heterocycles. The summed E-state index contributed by atoms with van der Waals surface area (Å²) < 4.78 is 14.4. The molecule has 0 aliphatic carbocycles. The van der Waals surface area contributed by atoms with E-state index in [1.54, 1.807) is 17.5 Å². The van der Waals surface area contributed by atoms with Crippen molar-refractivity contribution < 1.29 is 9.18 Å². The van der Waals surface area contributed by atoms with E-state index in [2.05, 4.69) is 16.9 Å². The summed E-state index contributed by atoms with van der Waals surface area (Å²) in [6.45, 7) is 3.77. The minimum Gasteiger partial charge on any atom is -0.348 e. The molecular weight excluding hydrogens is 317 g/mol. The summed E-state index contributed by atoms with van der Waals surface area (Å²) in [4.78, 5) is 29.3. The molecule has 23 heavy (non-hydrogen) atoms. The first-order valence-corrected chi connectivity index (χ1v) is 7.64. The van der Waals surface area contributed by atoms with Gasteiger partial charge in [-0.2, -0.15) is 0 Å². The lowest BCUT2D eigenvalue weighted by Crippen LogP contribution is -2.31. The summed E-state index contributed by atoms with van der Waals surface area (Å²) in [5.74, 6) is -0.865. The number of benzene rings is 1. The van der Waals surface area contributed by atoms with Crippen LogP contribution in [-0.2, 0) is 0 Å². The molecule has 0 fully saturated rings. The summed E-state index contributed by atoms with van der Waals surface area (Å²) in [6.07, 6.45) is 2.79. The predicted molar refractivity (Wildman–Crippen MR) is 87.3 cm³/mol. The molecule has 0 unspecified atom stereocenters. The van der Waals surface area contributed by atoms with Crippen LogP contribution in [0.25, 0.3) is 16.2 Å². The van der Waals surface area contributed by atoms with Crippen molar-refractivity contribution in [2.24, 2.45) is 0 Å². The van der Waals surface area contributed by atoms with E-state index in [-0.39, 0.29) is 17.9 Å². The van der Waals surface area contributed by atoms with Gasteiger partial charge >= 0.3 is 0 Å². The van der Waals surface area contributed by atoms with Gasteiger partial charge in [0.15, 0.2) is 4.96 Å². The van der Waals surface area contributed by atoms with Gasteiger partial charge < -0.3 is 5.32 Å². The van der Waals surface area contributed by atoms with Crippen LogP contribution in [0.3, 0.4) is 0 Å². The SMILES string of the molecule is C=CCNC(=O)c1cnc2scc(-c3ccc(F)cc3)n2c1=O. The number of fused-ring (bicyclic) bond motifs is 1. The Balaban J connectivity index is 2.14. The number of aromatic nitrogens is 2. The van der Waals surface area contributed by atoms with Gasteiger partial charge in [0.05, 0.1) is 5.69 Å². The van der Waals surface area contributed by atoms with Gasteiger partial charge in [-0.15, -0.1) is 17.9 Å². The van der Waals surface area contributed by atoms with Crippen molar-refractivity contribution in [2.75, 3.05) is 6.54 Å². The average molecular weight is 329 g/mol. The standard InChI is InChI=1S/C16H12FN3O2S/c1-2-7-18-14(21)12-8-19-16-20(15(12)22)13(9-23-16)10-3-5-11(17)6-4-10/h2-6,8-9H,1,7H2,(H,18,21). The van der Waals surface area contributed by atoms with Crippen LogP contribution in [0.15, 0.2) is 53.3 Å². The third-order valence-electron chi connectivity index (χ3n) is 3.24. The minimum absolute atomic E-state index is 0.0499. The van der Waals surface area contributed by atoms with Crippen LogP contribution in [0.1, 0.15) is 10.4 Å². The summed E-state index contributed by atoms with van der Waals surface area (Å²) in [6, 6.07) is 5.79. The second-order valence-corrected chi connectivity index (χ2v) is 5.56. The first kappa shape index (κ1) is 15.1. The van der Waals surface area contributed by atoms with Gasteiger partial charge in [0, 0.05) is 18.1 Å². The lowest BCUT2D eigenvalue weighted by molar-refractivity contribution is 0.0956. The van der Waals surface area contributed by atoms with Crippen molar-refractivity contribution in [1.29, 1.82) is 0 Å². The number of nitrogens with zero attached hydrogens (tertiary/aromatic N) is 2. The number of nitrogens with one attached hydrogen (secondary N) is 1. The molecule has 1 amide bonds. The molecule has 2 aromatic heterocycles. The predicted octanol–water partition coefficient (Wildman–Crippen LogP) is 2.48. The molecule has 7 heteroatoms. The normalized spacial score (nSPS) is 10.7. The summed E-state index contributed by atoms with van der Waals surface area (Å²) >= 11 is 1.28. The Kier molecular flexibility index (Phi) is 4.03. The number of rotatable bonds is 4. The maximum Gasteiger partial charge on any atom is 0.271 e. The van der Waals surface area contributed by atoms with Crippen LogP contribution < -0.4 is 10.9 Å². The van der Waals surface area contributed by atoms with Gasteiger partial charge in [0.1, 0.15) is 11.4 Å². The van der Waals surface area contributed by atoms with Crippen LogP contribution in [0.5, 0.6) is 0 Å². The van der Waals surface area contributed by atoms with Crippen LogP contribution >= 0.6 is 11.3 Å². The molecule has 3 rings (SSSR count). The highest BCUT2D eigenvalue weighted by atomic mass is 32.1. The molecule has 0 spiro atoms. The fourth-order valence-electron chi connectivity index (χ4n) is 2.13. The summed E-state index contributed by atoms with van der Waals surface area (Å²) in [5, 5.41) is 4.31. The van der Waals surface area contributed by atoms with Crippen LogP contribution in [0.4, 0.5) is 4.39 Å². The maximum absolute atomic E-state index is 13.1. The van der Waals surface area contributed by atoms with E-state index in [9.17, 15) is 14.0 Å². The molecule has 0 saturated heterocycles. The van der Waals surface area contributed by atoms with E-state index < -0.39 is 11.5 Å². The molecule has 0 saturated carbocycles. The van der Waals surface area contributed by atoms with Gasteiger partial charge in [0.2, 0.25) is 0 Å². The van der Waals surface area contributed by atoms with Gasteiger partial charge in [-0.25, -0.2) is 9.37 Å². The van der Waals surface area contributed by atoms with Gasteiger partial charge in [0.25, 0.3) is 11.5 Å². The number of carbonyl (C=O) groups excluding carboxylic acids is 1. The highest BCUT2D eigenvalue weighted by Crippen LogP contribution is 2.24. The van der Waals surface area contributed by atoms with Crippen molar-refractivity contribution in [3.05, 3.63) is 70.2 Å². The number of halogens is 1. The zero-order valence-corrected chi connectivity index (χ0v) is 12.8. The number of thiazole rings is 1. The van der Waals surface area contributed by atoms with Crippen molar-refractivity contribution >= 4 is 22.2 Å². The van der Waals surface area contributed by atoms with Crippen molar-refractivity contribution in [3.8, 4) is 11.3 Å². The molecule has 1 aromatic carbocycles. The Morgan fingerprint density at radius 1 is 1.39 bits per heavy atom. The number of carbonyl (C=O) groups is 1. The maximum atomic E-state index is 13.1. The zero-order valence-electron chi connectivity index (χ0n) is 12.0. The van der Waals surface area contributed by atoms with Gasteiger partial charge in [-0.3, -0.25) is 14.0 Å². The zero-order chi connectivity index (χ0) is 16.4. The molecule has 0 aliphatic rings. The molecule has 0 bridgehead atoms. The van der Waals surface area contributed by atoms with E-state index in [4.69, 9.17) is 0 Å². The fraction of sp³-hybridized carbons (Fsp3) is 0.0625. The monoisotopic (exact) mass is 329 g/mol. The number of amides is 1. The quantitative estimate of drug-likeness (QED) is 0.748. The Labute approximate surface area is 134 Å². The largest absolute Gasteiger partial charge is 0.348 e. The highest BCUT2D eigenvalue weighted by Gasteiger charge is 2.16. The molecule has 1 N–H and O–H groups in total. The molecule has 0 radical (unpaired) electrons. The third-order valence-corrected chi connectivity index (χ3v) is 4.08. The van der Waals surface area contributed by atoms with Gasteiger partial charge in [-0.1, -0.05) is 6.08 Å². The molecule has 3 aromatic rings. The van der Waals surface area contributed by atoms with Crippen molar-refractivity contribution in [2.45, 2.75) is 0 Å². The molecule has 2 heterocycles. The van der Waals surface area contributed by atoms with E-state index in [0.717, 1.165) is 0 Å². The number of hydrogen-bond donors (Lipinski definition) is 1.